The summed E-state index contributed by atoms with van der Waals surface area (Å²) in [5.41, 5.74) is 4.43. The number of carbonyl (C=O) groups excluding carboxylic acids is 1. The summed E-state index contributed by atoms with van der Waals surface area (Å²) in [5.74, 6) is 0.819. The van der Waals surface area contributed by atoms with Gasteiger partial charge < -0.3 is 20.9 Å². The van der Waals surface area contributed by atoms with Gasteiger partial charge in [0.15, 0.2) is 0 Å². The Morgan fingerprint density at radius 1 is 1.17 bits per heavy atom. The minimum absolute atomic E-state index is 0.0915. The van der Waals surface area contributed by atoms with Crippen molar-refractivity contribution >= 4 is 29.4 Å². The number of anilines is 3. The summed E-state index contributed by atoms with van der Waals surface area (Å²) in [6.07, 6.45) is 7.81. The molecule has 0 spiro atoms. The highest BCUT2D eigenvalue weighted by atomic mass is 16.2. The van der Waals surface area contributed by atoms with Crippen molar-refractivity contribution in [1.29, 1.82) is 5.41 Å². The van der Waals surface area contributed by atoms with Crippen LogP contribution in [0.2, 0.25) is 0 Å². The number of likely N-dealkylation sites (tertiary alicyclic amines) is 1. The highest BCUT2D eigenvalue weighted by molar-refractivity contribution is 5.92. The Morgan fingerprint density at radius 2 is 2.00 bits per heavy atom. The van der Waals surface area contributed by atoms with Crippen molar-refractivity contribution in [3.05, 3.63) is 77.7 Å². The Kier molecular flexibility index (Phi) is 8.05. The zero-order valence-electron chi connectivity index (χ0n) is 20.3. The molecule has 1 aliphatic heterocycles. The van der Waals surface area contributed by atoms with Crippen molar-refractivity contribution in [1.82, 2.24) is 20.2 Å². The normalized spacial score (nSPS) is 17.7. The van der Waals surface area contributed by atoms with Crippen LogP contribution in [0.1, 0.15) is 29.7 Å². The molecule has 0 aliphatic carbocycles. The third kappa shape index (κ3) is 6.86. The minimum atomic E-state index is -0.271. The van der Waals surface area contributed by atoms with Crippen molar-refractivity contribution in [2.24, 2.45) is 5.92 Å². The monoisotopic (exact) mass is 471 g/mol. The molecule has 1 aromatic carbocycles. The maximum absolute atomic E-state index is 12.8. The van der Waals surface area contributed by atoms with Crippen molar-refractivity contribution in [2.45, 2.75) is 32.2 Å². The van der Waals surface area contributed by atoms with E-state index in [1.807, 2.05) is 25.1 Å². The average Bonchev–Trinajstić information content (AvgIpc) is 3.19. The van der Waals surface area contributed by atoms with E-state index in [0.29, 0.717) is 23.0 Å². The molecule has 8 nitrogen and oxygen atoms in total. The van der Waals surface area contributed by atoms with Crippen molar-refractivity contribution in [3.8, 4) is 0 Å². The van der Waals surface area contributed by atoms with E-state index in [-0.39, 0.29) is 12.1 Å². The van der Waals surface area contributed by atoms with Gasteiger partial charge >= 0.3 is 6.03 Å². The molecule has 0 bridgehead atoms. The van der Waals surface area contributed by atoms with Gasteiger partial charge in [0.05, 0.1) is 11.9 Å². The summed E-state index contributed by atoms with van der Waals surface area (Å²) < 4.78 is 0. The van der Waals surface area contributed by atoms with Gasteiger partial charge in [0.25, 0.3) is 0 Å². The van der Waals surface area contributed by atoms with E-state index >= 15 is 0 Å². The summed E-state index contributed by atoms with van der Waals surface area (Å²) in [7, 11) is 2.09. The van der Waals surface area contributed by atoms with Crippen LogP contribution in [0.4, 0.5) is 22.0 Å². The molecule has 0 radical (unpaired) electrons. The van der Waals surface area contributed by atoms with Gasteiger partial charge in [0.2, 0.25) is 0 Å². The molecule has 8 heteroatoms. The van der Waals surface area contributed by atoms with Gasteiger partial charge in [0, 0.05) is 48.5 Å². The molecule has 1 aliphatic rings. The molecule has 2 amide bonds. The average molecular weight is 472 g/mol. The summed E-state index contributed by atoms with van der Waals surface area (Å²) in [4.78, 5) is 23.6. The number of likely N-dealkylation sites (N-methyl/N-ethyl adjacent to an activating group) is 1. The Hall–Kier alpha value is -3.78. The lowest BCUT2D eigenvalue weighted by molar-refractivity contribution is 0.245. The number of benzene rings is 1. The van der Waals surface area contributed by atoms with Crippen LogP contribution in [0, 0.1) is 18.3 Å². The largest absolute Gasteiger partial charge is 0.354 e. The maximum atomic E-state index is 12.8. The van der Waals surface area contributed by atoms with Crippen LogP contribution in [-0.4, -0.2) is 53.3 Å². The van der Waals surface area contributed by atoms with Crippen LogP contribution in [0.5, 0.6) is 0 Å². The number of carbonyl (C=O) groups is 1. The van der Waals surface area contributed by atoms with Gasteiger partial charge in [-0.05, 0) is 62.9 Å². The number of pyridine rings is 2. The molecule has 3 aromatic rings. The second kappa shape index (κ2) is 11.6. The molecule has 1 saturated heterocycles. The summed E-state index contributed by atoms with van der Waals surface area (Å²) in [5, 5.41) is 17.0. The maximum Gasteiger partial charge on any atom is 0.320 e. The Bertz CT molecular complexity index is 1150. The molecule has 3 heterocycles. The summed E-state index contributed by atoms with van der Waals surface area (Å²) in [6.45, 7) is 3.73. The Morgan fingerprint density at radius 3 is 2.77 bits per heavy atom. The first-order chi connectivity index (χ1) is 17.0. The van der Waals surface area contributed by atoms with E-state index in [0.717, 1.165) is 43.7 Å². The van der Waals surface area contributed by atoms with Gasteiger partial charge in [-0.3, -0.25) is 10.3 Å². The number of nitrogens with one attached hydrogen (secondary N) is 4. The van der Waals surface area contributed by atoms with Crippen LogP contribution in [0.3, 0.4) is 0 Å². The zero-order valence-corrected chi connectivity index (χ0v) is 20.3. The SMILES string of the molecule is Cc1cc(Nc2cnc(NC(=O)N[C@H]3CN(C)C[C@@H]3CCCc3ccccc3)cc2C=N)ccn1. The van der Waals surface area contributed by atoms with Crippen LogP contribution in [0.15, 0.2) is 60.9 Å². The summed E-state index contributed by atoms with van der Waals surface area (Å²) >= 11 is 0. The first kappa shape index (κ1) is 24.3. The van der Waals surface area contributed by atoms with Gasteiger partial charge in [-0.1, -0.05) is 30.3 Å². The third-order valence-electron chi connectivity index (χ3n) is 6.33. The molecule has 2 aromatic heterocycles. The number of amides is 2. The molecule has 0 unspecified atom stereocenters. The first-order valence-corrected chi connectivity index (χ1v) is 12.0. The van der Waals surface area contributed by atoms with E-state index < -0.39 is 0 Å². The van der Waals surface area contributed by atoms with E-state index in [2.05, 4.69) is 62.1 Å². The van der Waals surface area contributed by atoms with Gasteiger partial charge in [0.1, 0.15) is 5.82 Å². The van der Waals surface area contributed by atoms with E-state index in [1.54, 1.807) is 18.5 Å². The highest BCUT2D eigenvalue weighted by Gasteiger charge is 2.31. The molecule has 2 atom stereocenters. The fraction of sp³-hybridized carbons (Fsp3) is 0.333. The van der Waals surface area contributed by atoms with Crippen molar-refractivity contribution in [3.63, 3.8) is 0 Å². The Balaban J connectivity index is 1.33. The molecule has 1 fully saturated rings. The Labute approximate surface area is 206 Å². The van der Waals surface area contributed by atoms with Gasteiger partial charge in [-0.2, -0.15) is 0 Å². The van der Waals surface area contributed by atoms with Crippen LogP contribution in [0.25, 0.3) is 0 Å². The fourth-order valence-electron chi connectivity index (χ4n) is 4.62. The van der Waals surface area contributed by atoms with Crippen LogP contribution >= 0.6 is 0 Å². The second-order valence-electron chi connectivity index (χ2n) is 9.18. The van der Waals surface area contributed by atoms with E-state index in [9.17, 15) is 4.79 Å². The zero-order chi connectivity index (χ0) is 24.6. The number of urea groups is 1. The molecule has 4 rings (SSSR count). The number of rotatable bonds is 9. The first-order valence-electron chi connectivity index (χ1n) is 12.0. The molecular weight excluding hydrogens is 438 g/mol. The molecular formula is C27H33N7O. The number of hydrogen-bond donors (Lipinski definition) is 4. The van der Waals surface area contributed by atoms with E-state index in [4.69, 9.17) is 5.41 Å². The smallest absolute Gasteiger partial charge is 0.320 e. The number of nitrogens with zero attached hydrogens (tertiary/aromatic N) is 3. The third-order valence-corrected chi connectivity index (χ3v) is 6.33. The summed E-state index contributed by atoms with van der Waals surface area (Å²) in [6, 6.07) is 15.8. The number of hydrogen-bond acceptors (Lipinski definition) is 6. The fourth-order valence-corrected chi connectivity index (χ4v) is 4.62. The lowest BCUT2D eigenvalue weighted by atomic mass is 9.95. The predicted octanol–water partition coefficient (Wildman–Crippen LogP) is 4.60. The number of aromatic nitrogens is 2. The highest BCUT2D eigenvalue weighted by Crippen LogP contribution is 2.23. The molecule has 35 heavy (non-hydrogen) atoms. The van der Waals surface area contributed by atoms with Crippen LogP contribution < -0.4 is 16.0 Å². The van der Waals surface area contributed by atoms with Crippen molar-refractivity contribution in [2.75, 3.05) is 30.8 Å². The number of aryl methyl sites for hydroxylation is 2. The van der Waals surface area contributed by atoms with Crippen LogP contribution in [-0.2, 0) is 6.42 Å². The lowest BCUT2D eigenvalue weighted by Gasteiger charge is -2.20. The van der Waals surface area contributed by atoms with E-state index in [1.165, 1.54) is 11.8 Å². The predicted molar refractivity (Wildman–Crippen MR) is 141 cm³/mol. The standard InChI is InChI=1S/C27H33N7O/c1-19-13-23(11-12-29-19)31-24-16-30-26(14-22(24)15-28)33-27(35)32-25-18-34(2)17-21(25)10-6-9-20-7-4-3-5-8-20/h3-5,7-8,11-16,21,25,28H,6,9-10,17-18H2,1-2H3,(H,29,31)(H2,30,32,33,35)/t21-,25-/m0/s1. The lowest BCUT2D eigenvalue weighted by Crippen LogP contribution is -2.42. The topological polar surface area (TPSA) is 106 Å². The molecule has 0 saturated carbocycles. The minimum Gasteiger partial charge on any atom is -0.354 e. The molecule has 4 N–H and O–H groups in total. The quantitative estimate of drug-likeness (QED) is 0.341. The van der Waals surface area contributed by atoms with Crippen molar-refractivity contribution < 1.29 is 4.79 Å². The molecule has 182 valence electrons. The second-order valence-corrected chi connectivity index (χ2v) is 9.18. The van der Waals surface area contributed by atoms with Gasteiger partial charge in [-0.15, -0.1) is 0 Å². The van der Waals surface area contributed by atoms with Gasteiger partial charge in [-0.25, -0.2) is 9.78 Å².